The quantitative estimate of drug-likeness (QED) is 0.925. The van der Waals surface area contributed by atoms with Gasteiger partial charge in [-0.2, -0.15) is 0 Å². The Morgan fingerprint density at radius 2 is 2.10 bits per heavy atom. The molecule has 0 amide bonds. The van der Waals surface area contributed by atoms with Gasteiger partial charge in [-0.3, -0.25) is 4.79 Å². The molecule has 6 heteroatoms. The smallest absolute Gasteiger partial charge is 0.254 e. The van der Waals surface area contributed by atoms with E-state index in [0.717, 1.165) is 5.69 Å². The number of nitrogens with zero attached hydrogens (tertiary/aromatic N) is 1. The van der Waals surface area contributed by atoms with Crippen LogP contribution in [0.4, 0.5) is 0 Å². The average Bonchev–Trinajstić information content (AvgIpc) is 2.86. The number of benzene rings is 1. The molecule has 2 aromatic rings. The molecule has 1 aliphatic heterocycles. The van der Waals surface area contributed by atoms with E-state index in [0.29, 0.717) is 33.5 Å². The summed E-state index contributed by atoms with van der Waals surface area (Å²) in [7, 11) is 0. The van der Waals surface area contributed by atoms with Crippen LogP contribution < -0.4 is 15.0 Å². The first kappa shape index (κ1) is 13.9. The number of nitrogens with one attached hydrogen (secondary N) is 1. The molecule has 1 N–H and O–H groups in total. The maximum atomic E-state index is 12.2. The lowest BCUT2D eigenvalue weighted by Crippen LogP contribution is -2.18. The van der Waals surface area contributed by atoms with Crippen molar-refractivity contribution in [2.45, 2.75) is 26.7 Å². The Morgan fingerprint density at radius 1 is 1.33 bits per heavy atom. The van der Waals surface area contributed by atoms with Crippen LogP contribution in [0.25, 0.3) is 11.4 Å². The summed E-state index contributed by atoms with van der Waals surface area (Å²) in [4.78, 5) is 19.5. The monoisotopic (exact) mass is 306 g/mol. The summed E-state index contributed by atoms with van der Waals surface area (Å²) in [5.74, 6) is 1.68. The summed E-state index contributed by atoms with van der Waals surface area (Å²) in [6.07, 6.45) is 0. The van der Waals surface area contributed by atoms with Crippen molar-refractivity contribution in [2.75, 3.05) is 6.79 Å². The molecule has 1 aromatic carbocycles. The highest BCUT2D eigenvalue weighted by molar-refractivity contribution is 6.32. The third-order valence-corrected chi connectivity index (χ3v) is 3.70. The number of ether oxygens (including phenoxy) is 2. The average molecular weight is 307 g/mol. The third kappa shape index (κ3) is 2.38. The number of aryl methyl sites for hydroxylation is 1. The van der Waals surface area contributed by atoms with E-state index in [1.807, 2.05) is 20.8 Å². The fraction of sp³-hybridized carbons (Fsp3) is 0.333. The molecule has 0 aliphatic carbocycles. The third-order valence-electron chi connectivity index (χ3n) is 3.42. The lowest BCUT2D eigenvalue weighted by molar-refractivity contribution is 0.174. The van der Waals surface area contributed by atoms with Crippen LogP contribution in [0, 0.1) is 6.92 Å². The molecule has 1 aromatic heterocycles. The van der Waals surface area contributed by atoms with Crippen molar-refractivity contribution in [3.8, 4) is 22.9 Å². The largest absolute Gasteiger partial charge is 0.454 e. The highest BCUT2D eigenvalue weighted by atomic mass is 35.5. The molecule has 2 heterocycles. The topological polar surface area (TPSA) is 64.2 Å². The molecule has 3 rings (SSSR count). The molecule has 0 radical (unpaired) electrons. The predicted molar refractivity (Wildman–Crippen MR) is 80.3 cm³/mol. The van der Waals surface area contributed by atoms with Gasteiger partial charge in [0.15, 0.2) is 11.5 Å². The first-order valence-electron chi connectivity index (χ1n) is 6.67. The van der Waals surface area contributed by atoms with Gasteiger partial charge >= 0.3 is 0 Å². The van der Waals surface area contributed by atoms with Crippen LogP contribution in [0.3, 0.4) is 0 Å². The second-order valence-electron chi connectivity index (χ2n) is 5.26. The van der Waals surface area contributed by atoms with E-state index >= 15 is 0 Å². The van der Waals surface area contributed by atoms with Gasteiger partial charge in [0, 0.05) is 16.8 Å². The molecule has 0 bridgehead atoms. The van der Waals surface area contributed by atoms with Crippen LogP contribution in [0.2, 0.25) is 5.02 Å². The first-order valence-corrected chi connectivity index (χ1v) is 7.05. The molecule has 0 saturated carbocycles. The summed E-state index contributed by atoms with van der Waals surface area (Å²) < 4.78 is 10.6. The van der Waals surface area contributed by atoms with Gasteiger partial charge in [0.2, 0.25) is 6.79 Å². The zero-order valence-electron chi connectivity index (χ0n) is 12.0. The van der Waals surface area contributed by atoms with Crippen LogP contribution in [0.15, 0.2) is 16.9 Å². The maximum Gasteiger partial charge on any atom is 0.254 e. The molecule has 5 nitrogen and oxygen atoms in total. The molecular formula is C15H15ClN2O3. The van der Waals surface area contributed by atoms with Crippen LogP contribution in [-0.4, -0.2) is 16.8 Å². The molecule has 0 atom stereocenters. The van der Waals surface area contributed by atoms with Crippen molar-refractivity contribution in [2.24, 2.45) is 0 Å². The Balaban J connectivity index is 2.14. The number of hydrogen-bond donors (Lipinski definition) is 1. The Labute approximate surface area is 126 Å². The molecule has 0 unspecified atom stereocenters. The van der Waals surface area contributed by atoms with E-state index in [1.54, 1.807) is 12.1 Å². The number of halogens is 1. The van der Waals surface area contributed by atoms with E-state index in [4.69, 9.17) is 21.1 Å². The number of aromatic nitrogens is 2. The molecule has 0 spiro atoms. The molecule has 21 heavy (non-hydrogen) atoms. The van der Waals surface area contributed by atoms with E-state index in [2.05, 4.69) is 9.97 Å². The van der Waals surface area contributed by atoms with Gasteiger partial charge in [0.25, 0.3) is 5.56 Å². The minimum atomic E-state index is -0.124. The number of fused-ring (bicyclic) bond motifs is 1. The van der Waals surface area contributed by atoms with Gasteiger partial charge in [-0.15, -0.1) is 0 Å². The standard InChI is InChI=1S/C15H15ClN2O3/c1-7(2)12-8(3)17-14(18-15(12)19)9-4-10(16)13-11(5-9)20-6-21-13/h4-5,7H,6H2,1-3H3,(H,17,18,19). The summed E-state index contributed by atoms with van der Waals surface area (Å²) in [6.45, 7) is 5.92. The van der Waals surface area contributed by atoms with Crippen LogP contribution in [0.1, 0.15) is 31.0 Å². The number of H-pyrrole nitrogens is 1. The summed E-state index contributed by atoms with van der Waals surface area (Å²) in [5, 5.41) is 0.438. The number of rotatable bonds is 2. The second-order valence-corrected chi connectivity index (χ2v) is 5.67. The Hall–Kier alpha value is -2.01. The van der Waals surface area contributed by atoms with E-state index < -0.39 is 0 Å². The van der Waals surface area contributed by atoms with Gasteiger partial charge in [-0.05, 0) is 25.0 Å². The van der Waals surface area contributed by atoms with Gasteiger partial charge in [0.05, 0.1) is 5.02 Å². The molecule has 1 aliphatic rings. The SMILES string of the molecule is Cc1nc(-c2cc(Cl)c3c(c2)OCO3)[nH]c(=O)c1C(C)C. The maximum absolute atomic E-state index is 12.2. The van der Waals surface area contributed by atoms with Crippen molar-refractivity contribution in [3.05, 3.63) is 38.8 Å². The van der Waals surface area contributed by atoms with Gasteiger partial charge in [-0.1, -0.05) is 25.4 Å². The van der Waals surface area contributed by atoms with Crippen LogP contribution in [-0.2, 0) is 0 Å². The van der Waals surface area contributed by atoms with Crippen molar-refractivity contribution in [1.82, 2.24) is 9.97 Å². The van der Waals surface area contributed by atoms with E-state index in [9.17, 15) is 4.79 Å². The van der Waals surface area contributed by atoms with Crippen molar-refractivity contribution in [3.63, 3.8) is 0 Å². The van der Waals surface area contributed by atoms with Crippen LogP contribution in [0.5, 0.6) is 11.5 Å². The molecule has 110 valence electrons. The molecule has 0 fully saturated rings. The summed E-state index contributed by atoms with van der Waals surface area (Å²) >= 11 is 6.16. The minimum absolute atomic E-state index is 0.121. The lowest BCUT2D eigenvalue weighted by atomic mass is 10.0. The van der Waals surface area contributed by atoms with Gasteiger partial charge in [0.1, 0.15) is 5.82 Å². The van der Waals surface area contributed by atoms with Gasteiger partial charge in [-0.25, -0.2) is 4.98 Å². The Morgan fingerprint density at radius 3 is 2.76 bits per heavy atom. The second kappa shape index (κ2) is 5.07. The van der Waals surface area contributed by atoms with Crippen LogP contribution >= 0.6 is 11.6 Å². The molecular weight excluding hydrogens is 292 g/mol. The Bertz CT molecular complexity index is 768. The summed E-state index contributed by atoms with van der Waals surface area (Å²) in [5.41, 5.74) is 1.99. The fourth-order valence-corrected chi connectivity index (χ4v) is 2.78. The van der Waals surface area contributed by atoms with Crippen molar-refractivity contribution in [1.29, 1.82) is 0 Å². The number of hydrogen-bond acceptors (Lipinski definition) is 4. The van der Waals surface area contributed by atoms with E-state index in [1.165, 1.54) is 0 Å². The first-order chi connectivity index (χ1) is 9.97. The van der Waals surface area contributed by atoms with Crippen molar-refractivity contribution >= 4 is 11.6 Å². The highest BCUT2D eigenvalue weighted by Crippen LogP contribution is 2.41. The van der Waals surface area contributed by atoms with E-state index in [-0.39, 0.29) is 18.3 Å². The summed E-state index contributed by atoms with van der Waals surface area (Å²) in [6, 6.07) is 3.48. The zero-order valence-corrected chi connectivity index (χ0v) is 12.7. The van der Waals surface area contributed by atoms with Gasteiger partial charge < -0.3 is 14.5 Å². The lowest BCUT2D eigenvalue weighted by Gasteiger charge is -2.10. The normalized spacial score (nSPS) is 13.0. The Kier molecular flexibility index (Phi) is 3.37. The fourth-order valence-electron chi connectivity index (χ4n) is 2.52. The zero-order chi connectivity index (χ0) is 15.1. The van der Waals surface area contributed by atoms with Crippen molar-refractivity contribution < 1.29 is 9.47 Å². The highest BCUT2D eigenvalue weighted by Gasteiger charge is 2.20. The molecule has 0 saturated heterocycles. The number of aromatic amines is 1. The predicted octanol–water partition coefficient (Wildman–Crippen LogP) is 3.25. The minimum Gasteiger partial charge on any atom is -0.454 e.